The first-order chi connectivity index (χ1) is 10.7. The number of methoxy groups -OCH3 is 1. The van der Waals surface area contributed by atoms with E-state index in [0.717, 1.165) is 18.4 Å². The number of ether oxygens (including phenoxy) is 2. The van der Waals surface area contributed by atoms with Crippen LogP contribution in [0.5, 0.6) is 5.75 Å². The minimum Gasteiger partial charge on any atom is -0.491 e. The zero-order chi connectivity index (χ0) is 15.5. The van der Waals surface area contributed by atoms with Gasteiger partial charge in [-0.1, -0.05) is 30.3 Å². The number of fused-ring (bicyclic) bond motifs is 1. The predicted octanol–water partition coefficient (Wildman–Crippen LogP) is 3.36. The summed E-state index contributed by atoms with van der Waals surface area (Å²) >= 11 is 0. The molecule has 1 atom stereocenters. The molecule has 2 N–H and O–H groups in total. The summed E-state index contributed by atoms with van der Waals surface area (Å²) in [5.41, 5.74) is 9.23. The first-order valence-corrected chi connectivity index (χ1v) is 7.40. The van der Waals surface area contributed by atoms with Crippen LogP contribution in [0.4, 0.5) is 5.69 Å². The third kappa shape index (κ3) is 2.64. The van der Waals surface area contributed by atoms with Crippen molar-refractivity contribution in [3.8, 4) is 5.75 Å². The van der Waals surface area contributed by atoms with Gasteiger partial charge in [-0.15, -0.1) is 0 Å². The van der Waals surface area contributed by atoms with Crippen molar-refractivity contribution in [1.29, 1.82) is 0 Å². The van der Waals surface area contributed by atoms with E-state index in [1.54, 1.807) is 6.07 Å². The summed E-state index contributed by atoms with van der Waals surface area (Å²) in [4.78, 5) is 11.9. The SMILES string of the molecule is COC(=O)c1cc(N)c2c(c1)C(c1ccccc1)CCCO2. The fourth-order valence-electron chi connectivity index (χ4n) is 2.98. The fourth-order valence-corrected chi connectivity index (χ4v) is 2.98. The van der Waals surface area contributed by atoms with Crippen LogP contribution in [0.25, 0.3) is 0 Å². The topological polar surface area (TPSA) is 61.5 Å². The Balaban J connectivity index is 2.14. The first kappa shape index (κ1) is 14.4. The molecule has 0 spiro atoms. The Kier molecular flexibility index (Phi) is 4.00. The summed E-state index contributed by atoms with van der Waals surface area (Å²) < 4.78 is 10.6. The molecule has 0 aromatic heterocycles. The van der Waals surface area contributed by atoms with Gasteiger partial charge in [0.05, 0.1) is 25.0 Å². The maximum Gasteiger partial charge on any atom is 0.337 e. The molecule has 0 amide bonds. The van der Waals surface area contributed by atoms with E-state index in [9.17, 15) is 4.79 Å². The molecule has 2 aromatic carbocycles. The van der Waals surface area contributed by atoms with Gasteiger partial charge in [-0.2, -0.15) is 0 Å². The second-order valence-electron chi connectivity index (χ2n) is 5.43. The predicted molar refractivity (Wildman–Crippen MR) is 85.2 cm³/mol. The van der Waals surface area contributed by atoms with Crippen molar-refractivity contribution < 1.29 is 14.3 Å². The number of esters is 1. The highest BCUT2D eigenvalue weighted by Crippen LogP contribution is 2.41. The van der Waals surface area contributed by atoms with Gasteiger partial charge in [-0.05, 0) is 30.5 Å². The number of hydrogen-bond acceptors (Lipinski definition) is 4. The number of anilines is 1. The Hall–Kier alpha value is -2.49. The van der Waals surface area contributed by atoms with Crippen molar-refractivity contribution in [3.05, 3.63) is 59.2 Å². The number of hydrogen-bond donors (Lipinski definition) is 1. The van der Waals surface area contributed by atoms with Gasteiger partial charge in [0, 0.05) is 11.5 Å². The van der Waals surface area contributed by atoms with Crippen LogP contribution >= 0.6 is 0 Å². The molecule has 22 heavy (non-hydrogen) atoms. The molecule has 0 aliphatic carbocycles. The summed E-state index contributed by atoms with van der Waals surface area (Å²) in [7, 11) is 1.37. The number of benzene rings is 2. The number of carbonyl (C=O) groups is 1. The zero-order valence-corrected chi connectivity index (χ0v) is 12.5. The van der Waals surface area contributed by atoms with Crippen molar-refractivity contribution in [1.82, 2.24) is 0 Å². The van der Waals surface area contributed by atoms with E-state index in [4.69, 9.17) is 15.2 Å². The Labute approximate surface area is 129 Å². The quantitative estimate of drug-likeness (QED) is 0.682. The van der Waals surface area contributed by atoms with Crippen molar-refractivity contribution in [2.75, 3.05) is 19.5 Å². The monoisotopic (exact) mass is 297 g/mol. The Bertz CT molecular complexity index is 682. The number of rotatable bonds is 2. The van der Waals surface area contributed by atoms with Gasteiger partial charge >= 0.3 is 5.97 Å². The van der Waals surface area contributed by atoms with E-state index < -0.39 is 0 Å². The van der Waals surface area contributed by atoms with Crippen LogP contribution in [-0.4, -0.2) is 19.7 Å². The van der Waals surface area contributed by atoms with E-state index in [1.165, 1.54) is 12.7 Å². The van der Waals surface area contributed by atoms with Crippen LogP contribution in [0.3, 0.4) is 0 Å². The van der Waals surface area contributed by atoms with Crippen LogP contribution in [0.15, 0.2) is 42.5 Å². The van der Waals surface area contributed by atoms with Gasteiger partial charge in [0.2, 0.25) is 0 Å². The number of carbonyl (C=O) groups excluding carboxylic acids is 1. The zero-order valence-electron chi connectivity index (χ0n) is 12.5. The second-order valence-corrected chi connectivity index (χ2v) is 5.43. The smallest absolute Gasteiger partial charge is 0.337 e. The third-order valence-electron chi connectivity index (χ3n) is 4.03. The Morgan fingerprint density at radius 3 is 2.77 bits per heavy atom. The summed E-state index contributed by atoms with van der Waals surface area (Å²) in [6, 6.07) is 13.7. The Morgan fingerprint density at radius 2 is 2.05 bits per heavy atom. The fraction of sp³-hybridized carbons (Fsp3) is 0.278. The van der Waals surface area contributed by atoms with E-state index in [-0.39, 0.29) is 11.9 Å². The molecule has 4 heteroatoms. The lowest BCUT2D eigenvalue weighted by Gasteiger charge is -2.19. The Morgan fingerprint density at radius 1 is 1.27 bits per heavy atom. The maximum atomic E-state index is 11.9. The molecular weight excluding hydrogens is 278 g/mol. The normalized spacial score (nSPS) is 17.0. The number of nitrogens with two attached hydrogens (primary N) is 1. The van der Waals surface area contributed by atoms with Gasteiger partial charge in [-0.25, -0.2) is 4.79 Å². The van der Waals surface area contributed by atoms with E-state index in [1.807, 2.05) is 24.3 Å². The summed E-state index contributed by atoms with van der Waals surface area (Å²) in [6.07, 6.45) is 1.91. The molecule has 2 aromatic rings. The highest BCUT2D eigenvalue weighted by atomic mass is 16.5. The molecule has 114 valence electrons. The molecule has 1 aliphatic heterocycles. The van der Waals surface area contributed by atoms with Crippen LogP contribution in [0.1, 0.15) is 40.2 Å². The number of nitrogen functional groups attached to an aromatic ring is 1. The lowest BCUT2D eigenvalue weighted by atomic mass is 9.86. The van der Waals surface area contributed by atoms with Gasteiger partial charge in [-0.3, -0.25) is 0 Å². The second kappa shape index (κ2) is 6.10. The van der Waals surface area contributed by atoms with Crippen LogP contribution in [0, 0.1) is 0 Å². The molecule has 0 fully saturated rings. The van der Waals surface area contributed by atoms with E-state index in [2.05, 4.69) is 12.1 Å². The van der Waals surface area contributed by atoms with Crippen molar-refractivity contribution in [2.45, 2.75) is 18.8 Å². The van der Waals surface area contributed by atoms with Crippen LogP contribution < -0.4 is 10.5 Å². The maximum absolute atomic E-state index is 11.9. The molecule has 0 radical (unpaired) electrons. The average Bonchev–Trinajstić information content (AvgIpc) is 2.77. The van der Waals surface area contributed by atoms with Gasteiger partial charge in [0.15, 0.2) is 0 Å². The van der Waals surface area contributed by atoms with E-state index in [0.29, 0.717) is 23.6 Å². The minimum atomic E-state index is -0.384. The molecule has 0 saturated carbocycles. The molecular formula is C18H19NO3. The van der Waals surface area contributed by atoms with Gasteiger partial charge in [0.25, 0.3) is 0 Å². The molecule has 0 saturated heterocycles. The average molecular weight is 297 g/mol. The molecule has 1 heterocycles. The van der Waals surface area contributed by atoms with Crippen LogP contribution in [0.2, 0.25) is 0 Å². The molecule has 1 aliphatic rings. The molecule has 3 rings (SSSR count). The van der Waals surface area contributed by atoms with Crippen LogP contribution in [-0.2, 0) is 4.74 Å². The van der Waals surface area contributed by atoms with Crippen molar-refractivity contribution in [2.24, 2.45) is 0 Å². The largest absolute Gasteiger partial charge is 0.491 e. The highest BCUT2D eigenvalue weighted by Gasteiger charge is 2.25. The molecule has 0 bridgehead atoms. The minimum absolute atomic E-state index is 0.172. The summed E-state index contributed by atoms with van der Waals surface area (Å²) in [5.74, 6) is 0.482. The molecule has 1 unspecified atom stereocenters. The van der Waals surface area contributed by atoms with Crippen molar-refractivity contribution >= 4 is 11.7 Å². The molecule has 4 nitrogen and oxygen atoms in total. The lowest BCUT2D eigenvalue weighted by Crippen LogP contribution is -2.08. The first-order valence-electron chi connectivity index (χ1n) is 7.40. The van der Waals surface area contributed by atoms with E-state index >= 15 is 0 Å². The third-order valence-corrected chi connectivity index (χ3v) is 4.03. The summed E-state index contributed by atoms with van der Waals surface area (Å²) in [6.45, 7) is 0.637. The van der Waals surface area contributed by atoms with Crippen molar-refractivity contribution in [3.63, 3.8) is 0 Å². The summed E-state index contributed by atoms with van der Waals surface area (Å²) in [5, 5.41) is 0. The highest BCUT2D eigenvalue weighted by molar-refractivity contribution is 5.91. The van der Waals surface area contributed by atoms with Gasteiger partial charge < -0.3 is 15.2 Å². The lowest BCUT2D eigenvalue weighted by molar-refractivity contribution is 0.0600. The standard InChI is InChI=1S/C18H19NO3/c1-21-18(20)13-10-15-14(12-6-3-2-4-7-12)8-5-9-22-17(15)16(19)11-13/h2-4,6-7,10-11,14H,5,8-9,19H2,1H3. The van der Waals surface area contributed by atoms with Gasteiger partial charge in [0.1, 0.15) is 5.75 Å².